The molecule has 0 saturated carbocycles. The molecule has 1 aliphatic heterocycles. The molecule has 0 unspecified atom stereocenters. The highest BCUT2D eigenvalue weighted by molar-refractivity contribution is 5.96. The van der Waals surface area contributed by atoms with Crippen molar-refractivity contribution in [3.63, 3.8) is 0 Å². The number of nitrogens with one attached hydrogen (secondary N) is 1. The quantitative estimate of drug-likeness (QED) is 0.835. The van der Waals surface area contributed by atoms with Crippen molar-refractivity contribution in [3.8, 4) is 0 Å². The fourth-order valence-electron chi connectivity index (χ4n) is 2.19. The molecule has 1 aliphatic rings. The maximum Gasteiger partial charge on any atom is 0.342 e. The number of hydrogen-bond acceptors (Lipinski definition) is 5. The second kappa shape index (κ2) is 6.02. The highest BCUT2D eigenvalue weighted by atomic mass is 16.5. The van der Waals surface area contributed by atoms with Gasteiger partial charge in [-0.3, -0.25) is 0 Å². The molecule has 1 fully saturated rings. The SMILES string of the molecule is Cc1ccnc(N2CCNCC2)c1C(=O)OC(C)C. The van der Waals surface area contributed by atoms with Gasteiger partial charge in [0.25, 0.3) is 0 Å². The normalized spacial score (nSPS) is 15.7. The Kier molecular flexibility index (Phi) is 4.37. The van der Waals surface area contributed by atoms with E-state index in [0.29, 0.717) is 5.56 Å². The van der Waals surface area contributed by atoms with Crippen molar-refractivity contribution < 1.29 is 9.53 Å². The van der Waals surface area contributed by atoms with E-state index in [1.54, 1.807) is 6.20 Å². The maximum absolute atomic E-state index is 12.2. The predicted octanol–water partition coefficient (Wildman–Crippen LogP) is 1.36. The Morgan fingerprint density at radius 2 is 2.11 bits per heavy atom. The molecular weight excluding hydrogens is 242 g/mol. The van der Waals surface area contributed by atoms with Crippen LogP contribution in [0, 0.1) is 6.92 Å². The van der Waals surface area contributed by atoms with E-state index in [4.69, 9.17) is 4.74 Å². The van der Waals surface area contributed by atoms with Crippen molar-refractivity contribution >= 4 is 11.8 Å². The molecule has 1 saturated heterocycles. The molecule has 0 aliphatic carbocycles. The van der Waals surface area contributed by atoms with Crippen LogP contribution in [0.5, 0.6) is 0 Å². The van der Waals surface area contributed by atoms with Crippen LogP contribution < -0.4 is 10.2 Å². The third-order valence-corrected chi connectivity index (χ3v) is 3.10. The van der Waals surface area contributed by atoms with Crippen molar-refractivity contribution in [1.29, 1.82) is 0 Å². The molecule has 1 aromatic heterocycles. The second-order valence-corrected chi connectivity index (χ2v) is 5.02. The number of rotatable bonds is 3. The molecule has 5 heteroatoms. The van der Waals surface area contributed by atoms with Gasteiger partial charge in [-0.05, 0) is 32.4 Å². The van der Waals surface area contributed by atoms with Crippen LogP contribution in [0.25, 0.3) is 0 Å². The summed E-state index contributed by atoms with van der Waals surface area (Å²) in [4.78, 5) is 18.8. The molecule has 0 radical (unpaired) electrons. The third kappa shape index (κ3) is 3.23. The van der Waals surface area contributed by atoms with Gasteiger partial charge < -0.3 is 15.0 Å². The van der Waals surface area contributed by atoms with E-state index in [9.17, 15) is 4.79 Å². The van der Waals surface area contributed by atoms with Crippen LogP contribution in [-0.2, 0) is 4.74 Å². The highest BCUT2D eigenvalue weighted by Gasteiger charge is 2.23. The van der Waals surface area contributed by atoms with Crippen molar-refractivity contribution in [2.75, 3.05) is 31.1 Å². The number of ether oxygens (including phenoxy) is 1. The molecule has 19 heavy (non-hydrogen) atoms. The van der Waals surface area contributed by atoms with Gasteiger partial charge in [-0.25, -0.2) is 9.78 Å². The first-order valence-electron chi connectivity index (χ1n) is 6.72. The average Bonchev–Trinajstić information content (AvgIpc) is 2.38. The number of aryl methyl sites for hydroxylation is 1. The summed E-state index contributed by atoms with van der Waals surface area (Å²) in [7, 11) is 0. The molecule has 2 heterocycles. The molecule has 0 amide bonds. The third-order valence-electron chi connectivity index (χ3n) is 3.10. The van der Waals surface area contributed by atoms with E-state index in [0.717, 1.165) is 37.6 Å². The van der Waals surface area contributed by atoms with Gasteiger partial charge in [0.15, 0.2) is 0 Å². The number of anilines is 1. The van der Waals surface area contributed by atoms with Gasteiger partial charge in [0.2, 0.25) is 0 Å². The van der Waals surface area contributed by atoms with Gasteiger partial charge in [-0.1, -0.05) is 0 Å². The smallest absolute Gasteiger partial charge is 0.342 e. The van der Waals surface area contributed by atoms with E-state index >= 15 is 0 Å². The highest BCUT2D eigenvalue weighted by Crippen LogP contribution is 2.22. The number of aromatic nitrogens is 1. The van der Waals surface area contributed by atoms with E-state index in [1.807, 2.05) is 26.8 Å². The van der Waals surface area contributed by atoms with E-state index in [2.05, 4.69) is 15.2 Å². The molecule has 0 aromatic carbocycles. The topological polar surface area (TPSA) is 54.5 Å². The summed E-state index contributed by atoms with van der Waals surface area (Å²) < 4.78 is 5.33. The number of pyridine rings is 1. The molecule has 0 atom stereocenters. The molecular formula is C14H21N3O2. The van der Waals surface area contributed by atoms with Crippen LogP contribution in [0.2, 0.25) is 0 Å². The lowest BCUT2D eigenvalue weighted by Gasteiger charge is -2.30. The zero-order valence-corrected chi connectivity index (χ0v) is 11.8. The van der Waals surface area contributed by atoms with Gasteiger partial charge in [-0.2, -0.15) is 0 Å². The van der Waals surface area contributed by atoms with E-state index in [1.165, 1.54) is 0 Å². The average molecular weight is 263 g/mol. The van der Waals surface area contributed by atoms with Crippen molar-refractivity contribution in [3.05, 3.63) is 23.4 Å². The lowest BCUT2D eigenvalue weighted by atomic mass is 10.1. The van der Waals surface area contributed by atoms with Gasteiger partial charge in [0, 0.05) is 32.4 Å². The molecule has 1 aromatic rings. The minimum Gasteiger partial charge on any atom is -0.459 e. The minimum absolute atomic E-state index is 0.122. The van der Waals surface area contributed by atoms with Gasteiger partial charge in [-0.15, -0.1) is 0 Å². The van der Waals surface area contributed by atoms with Crippen LogP contribution >= 0.6 is 0 Å². The monoisotopic (exact) mass is 263 g/mol. The lowest BCUT2D eigenvalue weighted by Crippen LogP contribution is -2.44. The summed E-state index contributed by atoms with van der Waals surface area (Å²) in [6, 6.07) is 1.85. The first-order valence-corrected chi connectivity index (χ1v) is 6.72. The Morgan fingerprint density at radius 1 is 1.42 bits per heavy atom. The molecule has 2 rings (SSSR count). The first-order chi connectivity index (χ1) is 9.09. The van der Waals surface area contributed by atoms with Crippen LogP contribution in [0.1, 0.15) is 29.8 Å². The summed E-state index contributed by atoms with van der Waals surface area (Å²) in [6.07, 6.45) is 1.63. The fraction of sp³-hybridized carbons (Fsp3) is 0.571. The Labute approximate surface area is 114 Å². The largest absolute Gasteiger partial charge is 0.459 e. The predicted molar refractivity (Wildman–Crippen MR) is 74.6 cm³/mol. The van der Waals surface area contributed by atoms with Gasteiger partial charge in [0.05, 0.1) is 6.10 Å². The Hall–Kier alpha value is -1.62. The number of esters is 1. The second-order valence-electron chi connectivity index (χ2n) is 5.02. The molecule has 1 N–H and O–H groups in total. The lowest BCUT2D eigenvalue weighted by molar-refractivity contribution is 0.0377. The Morgan fingerprint density at radius 3 is 2.74 bits per heavy atom. The molecule has 0 bridgehead atoms. The van der Waals surface area contributed by atoms with Crippen molar-refractivity contribution in [2.45, 2.75) is 26.9 Å². The fourth-order valence-corrected chi connectivity index (χ4v) is 2.19. The first kappa shape index (κ1) is 13.8. The molecule has 104 valence electrons. The number of nitrogens with zero attached hydrogens (tertiary/aromatic N) is 2. The standard InChI is InChI=1S/C14H21N3O2/c1-10(2)19-14(18)12-11(3)4-5-16-13(12)17-8-6-15-7-9-17/h4-5,10,15H,6-9H2,1-3H3. The molecule has 0 spiro atoms. The zero-order chi connectivity index (χ0) is 13.8. The summed E-state index contributed by atoms with van der Waals surface area (Å²) in [5.41, 5.74) is 1.51. The minimum atomic E-state index is -0.283. The van der Waals surface area contributed by atoms with Crippen LogP contribution in [-0.4, -0.2) is 43.2 Å². The van der Waals surface area contributed by atoms with Crippen LogP contribution in [0.3, 0.4) is 0 Å². The summed E-state index contributed by atoms with van der Waals surface area (Å²) >= 11 is 0. The van der Waals surface area contributed by atoms with Crippen molar-refractivity contribution in [2.24, 2.45) is 0 Å². The van der Waals surface area contributed by atoms with E-state index in [-0.39, 0.29) is 12.1 Å². The molecule has 5 nitrogen and oxygen atoms in total. The summed E-state index contributed by atoms with van der Waals surface area (Å²) in [5, 5.41) is 3.29. The van der Waals surface area contributed by atoms with Gasteiger partial charge in [0.1, 0.15) is 11.4 Å². The number of carbonyl (C=O) groups excluding carboxylic acids is 1. The maximum atomic E-state index is 12.2. The zero-order valence-electron chi connectivity index (χ0n) is 11.8. The van der Waals surface area contributed by atoms with Crippen molar-refractivity contribution in [1.82, 2.24) is 10.3 Å². The van der Waals surface area contributed by atoms with Crippen LogP contribution in [0.4, 0.5) is 5.82 Å². The number of piperazine rings is 1. The summed E-state index contributed by atoms with van der Waals surface area (Å²) in [6.45, 7) is 9.17. The number of carbonyl (C=O) groups is 1. The Bertz CT molecular complexity index is 454. The van der Waals surface area contributed by atoms with Gasteiger partial charge >= 0.3 is 5.97 Å². The van der Waals surface area contributed by atoms with E-state index < -0.39 is 0 Å². The Balaban J connectivity index is 2.32. The summed E-state index contributed by atoms with van der Waals surface area (Å²) in [5.74, 6) is 0.460. The van der Waals surface area contributed by atoms with Crippen LogP contribution in [0.15, 0.2) is 12.3 Å². The number of hydrogen-bond donors (Lipinski definition) is 1.